The molecule has 0 aromatic heterocycles. The summed E-state index contributed by atoms with van der Waals surface area (Å²) < 4.78 is 38.9. The molecule has 0 aliphatic rings. The zero-order chi connectivity index (χ0) is 48.2. The quantitative estimate of drug-likeness (QED) is 0.0631. The first-order valence-electron chi connectivity index (χ1n) is 21.6. The Morgan fingerprint density at radius 2 is 1.12 bits per heavy atom. The molecular weight excluding hydrogens is 849 g/mol. The first-order valence-corrected chi connectivity index (χ1v) is 23.2. The number of alkyl carbamates (subject to hydrolysis) is 1. The van der Waals surface area contributed by atoms with Gasteiger partial charge in [0.25, 0.3) is 0 Å². The van der Waals surface area contributed by atoms with Crippen LogP contribution in [0.5, 0.6) is 0 Å². The molecule has 64 heavy (non-hydrogen) atoms. The number of esters is 1. The highest BCUT2D eigenvalue weighted by molar-refractivity contribution is 7.89. The first-order chi connectivity index (χ1) is 29.9. The third-order valence-electron chi connectivity index (χ3n) is 9.68. The van der Waals surface area contributed by atoms with Gasteiger partial charge in [0, 0.05) is 13.0 Å². The van der Waals surface area contributed by atoms with Crippen LogP contribution >= 0.6 is 0 Å². The Hall–Kier alpha value is -5.11. The fraction of sp³-hybridized carbons (Fsp3) is 0.600. The van der Waals surface area contributed by atoms with Gasteiger partial charge in [-0.15, -0.1) is 0 Å². The fourth-order valence-electron chi connectivity index (χ4n) is 6.57. The Kier molecular flexibility index (Phi) is 22.9. The minimum absolute atomic E-state index is 0.0211. The highest BCUT2D eigenvalue weighted by atomic mass is 32.2. The zero-order valence-electron chi connectivity index (χ0n) is 38.5. The van der Waals surface area contributed by atoms with Gasteiger partial charge in [-0.2, -0.15) is 0 Å². The van der Waals surface area contributed by atoms with E-state index in [1.807, 2.05) is 27.7 Å². The molecule has 2 rings (SSSR count). The molecule has 8 N–H and O–H groups in total. The number of rotatable bonds is 26. The Bertz CT molecular complexity index is 1910. The van der Waals surface area contributed by atoms with Crippen molar-refractivity contribution in [1.82, 2.24) is 31.3 Å². The minimum Gasteiger partial charge on any atom is -0.469 e. The van der Waals surface area contributed by atoms with Gasteiger partial charge in [-0.3, -0.25) is 24.0 Å². The van der Waals surface area contributed by atoms with Gasteiger partial charge in [-0.1, -0.05) is 88.4 Å². The summed E-state index contributed by atoms with van der Waals surface area (Å²) in [6.07, 6.45) is -3.91. The third-order valence-corrected chi connectivity index (χ3v) is 11.1. The maximum Gasteiger partial charge on any atom is 0.407 e. The van der Waals surface area contributed by atoms with E-state index in [1.165, 1.54) is 14.0 Å². The van der Waals surface area contributed by atoms with Gasteiger partial charge in [0.15, 0.2) is 0 Å². The number of carbonyl (C=O) groups is 6. The fourth-order valence-corrected chi connectivity index (χ4v) is 7.68. The van der Waals surface area contributed by atoms with E-state index >= 15 is 0 Å². The van der Waals surface area contributed by atoms with E-state index in [9.17, 15) is 47.4 Å². The number of carbonyl (C=O) groups excluding carboxylic acids is 6. The molecule has 0 aliphatic carbocycles. The standard InChI is InChI=1S/C45H70N6O12S/c1-28(2)22-33(37(52)26-39(54)47-30(5)41(56)48-34(23-29(3)4)38(53)27-40(55)62-9)49-42(57)35(24-31-16-12-10-13-17-31)50-43(58)36(25-32-18-14-11-15-19-32)51-64(60,61)21-20-46-44(59)63-45(6,7)8/h10-19,28-30,33-38,51-53H,20-27H2,1-9H3,(H,46,59)(H,47,54)(H,48,56)(H,49,57)(H,50,58)/t30-,33-,34-,35-,36-,37-,38-/m0/s1. The summed E-state index contributed by atoms with van der Waals surface area (Å²) in [5.74, 6) is -4.14. The summed E-state index contributed by atoms with van der Waals surface area (Å²) in [7, 11) is -3.01. The summed E-state index contributed by atoms with van der Waals surface area (Å²) in [5.41, 5.74) is 0.484. The van der Waals surface area contributed by atoms with E-state index in [4.69, 9.17) is 4.74 Å². The molecule has 0 fully saturated rings. The lowest BCUT2D eigenvalue weighted by atomic mass is 9.95. The summed E-state index contributed by atoms with van der Waals surface area (Å²) in [6, 6.07) is 11.9. The third kappa shape index (κ3) is 22.0. The number of hydrogen-bond acceptors (Lipinski definition) is 12. The topological polar surface area (TPSA) is 268 Å². The smallest absolute Gasteiger partial charge is 0.407 e. The molecule has 358 valence electrons. The highest BCUT2D eigenvalue weighted by Gasteiger charge is 2.33. The molecule has 0 radical (unpaired) electrons. The number of nitrogens with one attached hydrogen (secondary N) is 6. The molecule has 0 saturated carbocycles. The van der Waals surface area contributed by atoms with Crippen LogP contribution < -0.4 is 31.3 Å². The molecule has 7 atom stereocenters. The van der Waals surface area contributed by atoms with Crippen molar-refractivity contribution >= 4 is 45.7 Å². The van der Waals surface area contributed by atoms with Crippen LogP contribution in [0.25, 0.3) is 0 Å². The minimum atomic E-state index is -4.20. The molecule has 19 heteroatoms. The number of aliphatic hydroxyl groups excluding tert-OH is 2. The largest absolute Gasteiger partial charge is 0.469 e. The molecule has 0 spiro atoms. The monoisotopic (exact) mass is 918 g/mol. The van der Waals surface area contributed by atoms with Crippen LogP contribution in [0.4, 0.5) is 4.79 Å². The van der Waals surface area contributed by atoms with Gasteiger partial charge in [0.2, 0.25) is 33.7 Å². The van der Waals surface area contributed by atoms with Crippen molar-refractivity contribution < 1.29 is 56.9 Å². The van der Waals surface area contributed by atoms with Crippen molar-refractivity contribution in [2.45, 2.75) is 142 Å². The zero-order valence-corrected chi connectivity index (χ0v) is 39.3. The lowest BCUT2D eigenvalue weighted by Crippen LogP contribution is -2.58. The van der Waals surface area contributed by atoms with Crippen molar-refractivity contribution in [1.29, 1.82) is 0 Å². The van der Waals surface area contributed by atoms with Gasteiger partial charge in [0.05, 0.1) is 50.0 Å². The van der Waals surface area contributed by atoms with Crippen LogP contribution in [-0.4, -0.2) is 122 Å². The molecule has 5 amide bonds. The van der Waals surface area contributed by atoms with Crippen molar-refractivity contribution in [2.75, 3.05) is 19.4 Å². The van der Waals surface area contributed by atoms with E-state index in [2.05, 4.69) is 36.0 Å². The van der Waals surface area contributed by atoms with Gasteiger partial charge in [-0.05, 0) is 69.9 Å². The van der Waals surface area contributed by atoms with E-state index in [0.717, 1.165) is 0 Å². The number of benzene rings is 2. The molecule has 0 bridgehead atoms. The van der Waals surface area contributed by atoms with Crippen molar-refractivity contribution in [3.8, 4) is 0 Å². The predicted octanol–water partition coefficient (Wildman–Crippen LogP) is 2.01. The van der Waals surface area contributed by atoms with Crippen LogP contribution in [0, 0.1) is 11.8 Å². The van der Waals surface area contributed by atoms with E-state index < -0.39 is 106 Å². The van der Waals surface area contributed by atoms with Gasteiger partial charge in [0.1, 0.15) is 23.7 Å². The number of sulfonamides is 1. The van der Waals surface area contributed by atoms with Gasteiger partial charge < -0.3 is 46.3 Å². The second-order valence-corrected chi connectivity index (χ2v) is 19.6. The number of aliphatic hydroxyl groups is 2. The maximum atomic E-state index is 14.2. The van der Waals surface area contributed by atoms with E-state index in [-0.39, 0.29) is 44.1 Å². The molecular formula is C45H70N6O12S. The summed E-state index contributed by atoms with van der Waals surface area (Å²) in [6.45, 7) is 13.6. The Morgan fingerprint density at radius 1 is 0.656 bits per heavy atom. The summed E-state index contributed by atoms with van der Waals surface area (Å²) >= 11 is 0. The van der Waals surface area contributed by atoms with Crippen LogP contribution in [0.15, 0.2) is 60.7 Å². The molecule has 2 aromatic rings. The SMILES string of the molecule is COC(=O)C[C@H](O)[C@H](CC(C)C)NC(=O)[C@H](C)NC(=O)C[C@H](O)[C@H](CC(C)C)NC(=O)[C@H](Cc1ccccc1)NC(=O)[C@H](Cc1ccccc1)NS(=O)(=O)CCNC(=O)OC(C)(C)C. The number of amides is 5. The average Bonchev–Trinajstić information content (AvgIpc) is 3.19. The molecule has 0 aliphatic heterocycles. The average molecular weight is 919 g/mol. The molecule has 0 heterocycles. The summed E-state index contributed by atoms with van der Waals surface area (Å²) in [5, 5.41) is 35.2. The van der Waals surface area contributed by atoms with E-state index in [0.29, 0.717) is 17.5 Å². The second-order valence-electron chi connectivity index (χ2n) is 17.8. The Balaban J connectivity index is 2.28. The van der Waals surface area contributed by atoms with Crippen LogP contribution in [0.3, 0.4) is 0 Å². The highest BCUT2D eigenvalue weighted by Crippen LogP contribution is 2.15. The van der Waals surface area contributed by atoms with Crippen molar-refractivity contribution in [2.24, 2.45) is 11.8 Å². The lowest BCUT2D eigenvalue weighted by Gasteiger charge is -2.29. The number of hydrogen-bond donors (Lipinski definition) is 8. The molecule has 18 nitrogen and oxygen atoms in total. The molecule has 2 aromatic carbocycles. The van der Waals surface area contributed by atoms with Crippen molar-refractivity contribution in [3.63, 3.8) is 0 Å². The Morgan fingerprint density at radius 3 is 1.61 bits per heavy atom. The van der Waals surface area contributed by atoms with Crippen LogP contribution in [-0.2, 0) is 56.3 Å². The Labute approximate surface area is 377 Å². The molecule has 0 saturated heterocycles. The first kappa shape index (κ1) is 55.0. The second kappa shape index (κ2) is 26.6. The van der Waals surface area contributed by atoms with Gasteiger partial charge in [-0.25, -0.2) is 17.9 Å². The molecule has 0 unspecified atom stereocenters. The number of methoxy groups -OCH3 is 1. The lowest BCUT2D eigenvalue weighted by molar-refractivity contribution is -0.144. The normalized spacial score (nSPS) is 15.1. The maximum absolute atomic E-state index is 14.2. The van der Waals surface area contributed by atoms with Gasteiger partial charge >= 0.3 is 12.1 Å². The van der Waals surface area contributed by atoms with Crippen molar-refractivity contribution in [3.05, 3.63) is 71.8 Å². The van der Waals surface area contributed by atoms with Crippen LogP contribution in [0.1, 0.15) is 92.2 Å². The van der Waals surface area contributed by atoms with Crippen LogP contribution in [0.2, 0.25) is 0 Å². The summed E-state index contributed by atoms with van der Waals surface area (Å²) in [4.78, 5) is 78.6. The predicted molar refractivity (Wildman–Crippen MR) is 241 cm³/mol. The van der Waals surface area contributed by atoms with E-state index in [1.54, 1.807) is 81.4 Å². The number of ether oxygens (including phenoxy) is 2.